The van der Waals surface area contributed by atoms with Crippen LogP contribution in [0.2, 0.25) is 0 Å². The van der Waals surface area contributed by atoms with Gasteiger partial charge in [-0.15, -0.1) is 0 Å². The summed E-state index contributed by atoms with van der Waals surface area (Å²) in [7, 11) is -3.61. The van der Waals surface area contributed by atoms with Gasteiger partial charge in [-0.05, 0) is 25.5 Å². The zero-order valence-electron chi connectivity index (χ0n) is 11.4. The lowest BCUT2D eigenvalue weighted by molar-refractivity contribution is -0.385. The van der Waals surface area contributed by atoms with Gasteiger partial charge in [0.15, 0.2) is 0 Å². The molecule has 8 heteroatoms. The molecule has 7 nitrogen and oxygen atoms in total. The van der Waals surface area contributed by atoms with Gasteiger partial charge in [-0.2, -0.15) is 4.31 Å². The number of non-ortho nitro benzene ring substituents is 1. The molecule has 0 aromatic heterocycles. The average Bonchev–Trinajstić information content (AvgIpc) is 2.38. The summed E-state index contributed by atoms with van der Waals surface area (Å²) in [4.78, 5) is 10.3. The number of rotatable bonds is 3. The first-order valence-electron chi connectivity index (χ1n) is 6.31. The highest BCUT2D eigenvalue weighted by Gasteiger charge is 2.32. The summed E-state index contributed by atoms with van der Waals surface area (Å²) in [6.45, 7) is 5.03. The van der Waals surface area contributed by atoms with E-state index in [4.69, 9.17) is 0 Å². The largest absolute Gasteiger partial charge is 0.314 e. The van der Waals surface area contributed by atoms with Crippen LogP contribution in [0.15, 0.2) is 23.1 Å². The molecule has 1 N–H and O–H groups in total. The summed E-state index contributed by atoms with van der Waals surface area (Å²) in [5, 5.41) is 13.8. The van der Waals surface area contributed by atoms with Crippen LogP contribution >= 0.6 is 0 Å². The maximum atomic E-state index is 12.6. The number of hydrogen-bond donors (Lipinski definition) is 1. The third-order valence-electron chi connectivity index (χ3n) is 3.40. The Balaban J connectivity index is 2.41. The van der Waals surface area contributed by atoms with E-state index in [-0.39, 0.29) is 16.6 Å². The molecule has 1 aromatic rings. The molecule has 110 valence electrons. The molecule has 20 heavy (non-hydrogen) atoms. The molecular weight excluding hydrogens is 282 g/mol. The van der Waals surface area contributed by atoms with Crippen molar-refractivity contribution in [3.8, 4) is 0 Å². The monoisotopic (exact) mass is 299 g/mol. The molecule has 1 atom stereocenters. The molecule has 0 radical (unpaired) electrons. The van der Waals surface area contributed by atoms with Crippen LogP contribution in [0.5, 0.6) is 0 Å². The lowest BCUT2D eigenvalue weighted by Crippen LogP contribution is -2.52. The van der Waals surface area contributed by atoms with Gasteiger partial charge in [0.05, 0.1) is 9.82 Å². The first kappa shape index (κ1) is 14.9. The summed E-state index contributed by atoms with van der Waals surface area (Å²) in [6.07, 6.45) is 0. The SMILES string of the molecule is Cc1cc([N+](=O)[O-])ccc1S(=O)(=O)N1CCNC[C@@H]1C. The molecule has 0 spiro atoms. The van der Waals surface area contributed by atoms with Crippen LogP contribution in [0.1, 0.15) is 12.5 Å². The van der Waals surface area contributed by atoms with E-state index in [9.17, 15) is 18.5 Å². The summed E-state index contributed by atoms with van der Waals surface area (Å²) < 4.78 is 26.7. The Hall–Kier alpha value is -1.51. The van der Waals surface area contributed by atoms with E-state index in [0.29, 0.717) is 25.2 Å². The van der Waals surface area contributed by atoms with Gasteiger partial charge in [0.1, 0.15) is 0 Å². The maximum Gasteiger partial charge on any atom is 0.269 e. The first-order valence-corrected chi connectivity index (χ1v) is 7.75. The predicted octanol–water partition coefficient (Wildman–Crippen LogP) is 0.886. The standard InChI is InChI=1S/C12H17N3O4S/c1-9-7-11(15(16)17)3-4-12(9)20(18,19)14-6-5-13-8-10(14)2/h3-4,7,10,13H,5-6,8H2,1-2H3/t10-/m0/s1. The van der Waals surface area contributed by atoms with Crippen molar-refractivity contribution >= 4 is 15.7 Å². The number of nitro benzene ring substituents is 1. The number of aryl methyl sites for hydroxylation is 1. The van der Waals surface area contributed by atoms with E-state index in [1.165, 1.54) is 22.5 Å². The number of piperazine rings is 1. The van der Waals surface area contributed by atoms with E-state index in [2.05, 4.69) is 5.32 Å². The van der Waals surface area contributed by atoms with Gasteiger partial charge in [-0.3, -0.25) is 10.1 Å². The second-order valence-corrected chi connectivity index (χ2v) is 6.73. The van der Waals surface area contributed by atoms with Crippen LogP contribution < -0.4 is 5.32 Å². The molecular formula is C12H17N3O4S. The fraction of sp³-hybridized carbons (Fsp3) is 0.500. The van der Waals surface area contributed by atoms with E-state index < -0.39 is 14.9 Å². The van der Waals surface area contributed by atoms with Gasteiger partial charge in [0, 0.05) is 37.8 Å². The summed E-state index contributed by atoms with van der Waals surface area (Å²) in [5.74, 6) is 0. The van der Waals surface area contributed by atoms with Crippen LogP contribution in [0.25, 0.3) is 0 Å². The van der Waals surface area contributed by atoms with Gasteiger partial charge in [0.25, 0.3) is 5.69 Å². The fourth-order valence-electron chi connectivity index (χ4n) is 2.34. The van der Waals surface area contributed by atoms with Gasteiger partial charge in [-0.25, -0.2) is 8.42 Å². The third kappa shape index (κ3) is 2.67. The number of sulfonamides is 1. The van der Waals surface area contributed by atoms with Crippen molar-refractivity contribution in [2.75, 3.05) is 19.6 Å². The topological polar surface area (TPSA) is 92.5 Å². The zero-order valence-corrected chi connectivity index (χ0v) is 12.2. The second kappa shape index (κ2) is 5.47. The number of nitro groups is 1. The Morgan fingerprint density at radius 2 is 2.15 bits per heavy atom. The molecule has 1 saturated heterocycles. The molecule has 0 amide bonds. The molecule has 0 bridgehead atoms. The van der Waals surface area contributed by atoms with E-state index in [1.807, 2.05) is 6.92 Å². The van der Waals surface area contributed by atoms with Crippen LogP contribution in [-0.2, 0) is 10.0 Å². The molecule has 1 aromatic carbocycles. The molecule has 1 aliphatic heterocycles. The van der Waals surface area contributed by atoms with Crippen LogP contribution in [-0.4, -0.2) is 43.3 Å². The lowest BCUT2D eigenvalue weighted by atomic mass is 10.2. The molecule has 1 fully saturated rings. The molecule has 0 saturated carbocycles. The van der Waals surface area contributed by atoms with Crippen molar-refractivity contribution in [2.24, 2.45) is 0 Å². The summed E-state index contributed by atoms with van der Waals surface area (Å²) in [5.41, 5.74) is 0.291. The van der Waals surface area contributed by atoms with Crippen molar-refractivity contribution in [3.05, 3.63) is 33.9 Å². The number of benzene rings is 1. The maximum absolute atomic E-state index is 12.6. The van der Waals surface area contributed by atoms with Crippen LogP contribution in [0.4, 0.5) is 5.69 Å². The van der Waals surface area contributed by atoms with Crippen molar-refractivity contribution in [1.82, 2.24) is 9.62 Å². The molecule has 0 unspecified atom stereocenters. The fourth-order valence-corrected chi connectivity index (χ4v) is 4.18. The van der Waals surface area contributed by atoms with Crippen molar-refractivity contribution in [1.29, 1.82) is 0 Å². The lowest BCUT2D eigenvalue weighted by Gasteiger charge is -2.33. The van der Waals surface area contributed by atoms with Gasteiger partial charge >= 0.3 is 0 Å². The Morgan fingerprint density at radius 3 is 2.70 bits per heavy atom. The minimum Gasteiger partial charge on any atom is -0.314 e. The average molecular weight is 299 g/mol. The molecule has 0 aliphatic carbocycles. The van der Waals surface area contributed by atoms with E-state index in [1.54, 1.807) is 6.92 Å². The highest BCUT2D eigenvalue weighted by molar-refractivity contribution is 7.89. The van der Waals surface area contributed by atoms with Crippen LogP contribution in [0.3, 0.4) is 0 Å². The Kier molecular flexibility index (Phi) is 4.07. The zero-order chi connectivity index (χ0) is 14.9. The first-order chi connectivity index (χ1) is 9.34. The quantitative estimate of drug-likeness (QED) is 0.661. The number of nitrogens with one attached hydrogen (secondary N) is 1. The highest BCUT2D eigenvalue weighted by Crippen LogP contribution is 2.25. The minimum atomic E-state index is -3.61. The molecule has 1 aliphatic rings. The Bertz CT molecular complexity index is 630. The number of nitrogens with zero attached hydrogens (tertiary/aromatic N) is 2. The summed E-state index contributed by atoms with van der Waals surface area (Å²) in [6, 6.07) is 3.70. The van der Waals surface area contributed by atoms with Gasteiger partial charge < -0.3 is 5.32 Å². The second-order valence-electron chi connectivity index (χ2n) is 4.88. The predicted molar refractivity (Wildman–Crippen MR) is 74.1 cm³/mol. The third-order valence-corrected chi connectivity index (χ3v) is 5.57. The smallest absolute Gasteiger partial charge is 0.269 e. The van der Waals surface area contributed by atoms with E-state index >= 15 is 0 Å². The van der Waals surface area contributed by atoms with Gasteiger partial charge in [-0.1, -0.05) is 0 Å². The Morgan fingerprint density at radius 1 is 1.45 bits per heavy atom. The minimum absolute atomic E-state index is 0.102. The molecule has 2 rings (SSSR count). The number of hydrogen-bond acceptors (Lipinski definition) is 5. The van der Waals surface area contributed by atoms with Crippen molar-refractivity contribution in [2.45, 2.75) is 24.8 Å². The van der Waals surface area contributed by atoms with Crippen molar-refractivity contribution in [3.63, 3.8) is 0 Å². The highest BCUT2D eigenvalue weighted by atomic mass is 32.2. The van der Waals surface area contributed by atoms with Gasteiger partial charge in [0.2, 0.25) is 10.0 Å². The molecule has 1 heterocycles. The van der Waals surface area contributed by atoms with E-state index in [0.717, 1.165) is 0 Å². The Labute approximate surface area is 117 Å². The van der Waals surface area contributed by atoms with Crippen molar-refractivity contribution < 1.29 is 13.3 Å². The van der Waals surface area contributed by atoms with Crippen LogP contribution in [0, 0.1) is 17.0 Å². The summed E-state index contributed by atoms with van der Waals surface area (Å²) >= 11 is 0. The normalized spacial score (nSPS) is 20.8.